The molecule has 3 nitrogen and oxygen atoms in total. The number of rotatable bonds is 7. The largest absolute Gasteiger partial charge is 0.493 e. The van der Waals surface area contributed by atoms with Crippen LogP contribution in [0.3, 0.4) is 0 Å². The summed E-state index contributed by atoms with van der Waals surface area (Å²) < 4.78 is 11.2. The van der Waals surface area contributed by atoms with Gasteiger partial charge in [-0.15, -0.1) is 0 Å². The van der Waals surface area contributed by atoms with Crippen LogP contribution < -0.4 is 15.2 Å². The van der Waals surface area contributed by atoms with Crippen LogP contribution in [-0.2, 0) is 0 Å². The third-order valence-corrected chi connectivity index (χ3v) is 3.34. The van der Waals surface area contributed by atoms with E-state index in [-0.39, 0.29) is 6.04 Å². The number of nitrogens with two attached hydrogens (primary N) is 1. The summed E-state index contributed by atoms with van der Waals surface area (Å²) in [6, 6.07) is 5.90. The fourth-order valence-corrected chi connectivity index (χ4v) is 1.82. The Labute approximate surface area is 110 Å². The fourth-order valence-electron chi connectivity index (χ4n) is 1.82. The monoisotopic (exact) mass is 251 g/mol. The van der Waals surface area contributed by atoms with Crippen molar-refractivity contribution in [1.29, 1.82) is 0 Å². The van der Waals surface area contributed by atoms with E-state index in [4.69, 9.17) is 15.2 Å². The van der Waals surface area contributed by atoms with Crippen LogP contribution in [0.4, 0.5) is 0 Å². The van der Waals surface area contributed by atoms with Gasteiger partial charge in [-0.3, -0.25) is 0 Å². The highest BCUT2D eigenvalue weighted by Crippen LogP contribution is 2.30. The van der Waals surface area contributed by atoms with Crippen molar-refractivity contribution in [2.75, 3.05) is 13.7 Å². The molecule has 1 aromatic carbocycles. The Morgan fingerprint density at radius 3 is 2.33 bits per heavy atom. The molecule has 0 unspecified atom stereocenters. The lowest BCUT2D eigenvalue weighted by Crippen LogP contribution is -2.11. The zero-order valence-electron chi connectivity index (χ0n) is 11.9. The van der Waals surface area contributed by atoms with E-state index in [2.05, 4.69) is 13.8 Å². The Balaban J connectivity index is 2.76. The van der Waals surface area contributed by atoms with Crippen molar-refractivity contribution in [3.8, 4) is 11.5 Å². The Kier molecular flexibility index (Phi) is 5.99. The minimum Gasteiger partial charge on any atom is -0.493 e. The Morgan fingerprint density at radius 2 is 1.83 bits per heavy atom. The molecule has 1 aromatic rings. The van der Waals surface area contributed by atoms with Crippen LogP contribution in [0.5, 0.6) is 11.5 Å². The summed E-state index contributed by atoms with van der Waals surface area (Å²) in [5, 5.41) is 0. The molecule has 0 heterocycles. The summed E-state index contributed by atoms with van der Waals surface area (Å²) in [5.74, 6) is 2.16. The van der Waals surface area contributed by atoms with E-state index >= 15 is 0 Å². The topological polar surface area (TPSA) is 44.5 Å². The van der Waals surface area contributed by atoms with Crippen LogP contribution in [0.25, 0.3) is 0 Å². The molecule has 0 aliphatic heterocycles. The summed E-state index contributed by atoms with van der Waals surface area (Å²) in [5.41, 5.74) is 6.91. The summed E-state index contributed by atoms with van der Waals surface area (Å²) in [6.07, 6.45) is 2.27. The molecule has 0 saturated carbocycles. The van der Waals surface area contributed by atoms with Crippen molar-refractivity contribution in [1.82, 2.24) is 0 Å². The SMILES string of the molecule is CCC(CC)COc1ccc([C@H](C)N)cc1OC. The fraction of sp³-hybridized carbons (Fsp3) is 0.600. The first-order chi connectivity index (χ1) is 8.62. The van der Waals surface area contributed by atoms with Crippen molar-refractivity contribution < 1.29 is 9.47 Å². The number of methoxy groups -OCH3 is 1. The molecule has 0 radical (unpaired) electrons. The second kappa shape index (κ2) is 7.27. The van der Waals surface area contributed by atoms with Gasteiger partial charge in [-0.25, -0.2) is 0 Å². The van der Waals surface area contributed by atoms with Crippen molar-refractivity contribution in [2.24, 2.45) is 11.7 Å². The highest BCUT2D eigenvalue weighted by molar-refractivity contribution is 5.43. The van der Waals surface area contributed by atoms with Crippen LogP contribution in [0.15, 0.2) is 18.2 Å². The first-order valence-electron chi connectivity index (χ1n) is 6.68. The smallest absolute Gasteiger partial charge is 0.161 e. The average molecular weight is 251 g/mol. The Hall–Kier alpha value is -1.22. The molecule has 0 aromatic heterocycles. The van der Waals surface area contributed by atoms with E-state index in [0.717, 1.165) is 36.5 Å². The highest BCUT2D eigenvalue weighted by Gasteiger charge is 2.10. The van der Waals surface area contributed by atoms with Gasteiger partial charge in [-0.05, 0) is 30.5 Å². The first kappa shape index (κ1) is 14.8. The highest BCUT2D eigenvalue weighted by atomic mass is 16.5. The maximum absolute atomic E-state index is 5.86. The van der Waals surface area contributed by atoms with Gasteiger partial charge in [0.15, 0.2) is 11.5 Å². The molecule has 0 fully saturated rings. The lowest BCUT2D eigenvalue weighted by Gasteiger charge is -2.17. The second-order valence-electron chi connectivity index (χ2n) is 4.69. The number of ether oxygens (including phenoxy) is 2. The third kappa shape index (κ3) is 3.91. The molecule has 1 atom stereocenters. The van der Waals surface area contributed by atoms with Gasteiger partial charge < -0.3 is 15.2 Å². The standard InChI is InChI=1S/C15H25NO2/c1-5-12(6-2)10-18-14-8-7-13(11(3)16)9-15(14)17-4/h7-9,11-12H,5-6,10,16H2,1-4H3/t11-/m0/s1. The van der Waals surface area contributed by atoms with Crippen LogP contribution in [0.2, 0.25) is 0 Å². The predicted octanol–water partition coefficient (Wildman–Crippen LogP) is 3.53. The van der Waals surface area contributed by atoms with Gasteiger partial charge in [0.2, 0.25) is 0 Å². The van der Waals surface area contributed by atoms with Gasteiger partial charge >= 0.3 is 0 Å². The average Bonchev–Trinajstić information content (AvgIpc) is 2.39. The van der Waals surface area contributed by atoms with Gasteiger partial charge in [0, 0.05) is 6.04 Å². The van der Waals surface area contributed by atoms with Gasteiger partial charge in [0.05, 0.1) is 13.7 Å². The summed E-state index contributed by atoms with van der Waals surface area (Å²) >= 11 is 0. The maximum Gasteiger partial charge on any atom is 0.161 e. The van der Waals surface area contributed by atoms with Crippen LogP contribution >= 0.6 is 0 Å². The van der Waals surface area contributed by atoms with Crippen molar-refractivity contribution in [3.63, 3.8) is 0 Å². The summed E-state index contributed by atoms with van der Waals surface area (Å²) in [6.45, 7) is 7.07. The lowest BCUT2D eigenvalue weighted by atomic mass is 10.1. The maximum atomic E-state index is 5.86. The van der Waals surface area contributed by atoms with Crippen molar-refractivity contribution in [2.45, 2.75) is 39.7 Å². The molecular weight excluding hydrogens is 226 g/mol. The Bertz CT molecular complexity index is 360. The van der Waals surface area contributed by atoms with E-state index in [9.17, 15) is 0 Å². The minimum atomic E-state index is 0.00646. The van der Waals surface area contributed by atoms with Gasteiger partial charge in [-0.1, -0.05) is 32.8 Å². The molecule has 2 N–H and O–H groups in total. The molecule has 0 saturated heterocycles. The summed E-state index contributed by atoms with van der Waals surface area (Å²) in [4.78, 5) is 0. The number of benzene rings is 1. The molecule has 0 bridgehead atoms. The van der Waals surface area contributed by atoms with E-state index in [1.165, 1.54) is 0 Å². The van der Waals surface area contributed by atoms with Crippen LogP contribution in [0.1, 0.15) is 45.2 Å². The van der Waals surface area contributed by atoms with E-state index < -0.39 is 0 Å². The molecule has 18 heavy (non-hydrogen) atoms. The predicted molar refractivity (Wildman–Crippen MR) is 75.2 cm³/mol. The zero-order valence-corrected chi connectivity index (χ0v) is 11.9. The van der Waals surface area contributed by atoms with Crippen molar-refractivity contribution >= 4 is 0 Å². The van der Waals surface area contributed by atoms with Crippen molar-refractivity contribution in [3.05, 3.63) is 23.8 Å². The molecular formula is C15H25NO2. The third-order valence-electron chi connectivity index (χ3n) is 3.34. The summed E-state index contributed by atoms with van der Waals surface area (Å²) in [7, 11) is 1.66. The molecule has 3 heteroatoms. The molecule has 1 rings (SSSR count). The second-order valence-corrected chi connectivity index (χ2v) is 4.69. The van der Waals surface area contributed by atoms with Gasteiger partial charge in [-0.2, -0.15) is 0 Å². The van der Waals surface area contributed by atoms with Crippen LogP contribution in [-0.4, -0.2) is 13.7 Å². The number of hydrogen-bond acceptors (Lipinski definition) is 3. The molecule has 0 spiro atoms. The van der Waals surface area contributed by atoms with E-state index in [1.807, 2.05) is 25.1 Å². The van der Waals surface area contributed by atoms with E-state index in [1.54, 1.807) is 7.11 Å². The minimum absolute atomic E-state index is 0.00646. The first-order valence-corrected chi connectivity index (χ1v) is 6.68. The zero-order chi connectivity index (χ0) is 13.5. The molecule has 0 aliphatic carbocycles. The Morgan fingerprint density at radius 1 is 1.17 bits per heavy atom. The lowest BCUT2D eigenvalue weighted by molar-refractivity contribution is 0.230. The molecule has 0 aliphatic rings. The van der Waals surface area contributed by atoms with Crippen LogP contribution in [0, 0.1) is 5.92 Å². The van der Waals surface area contributed by atoms with Gasteiger partial charge in [0.1, 0.15) is 0 Å². The van der Waals surface area contributed by atoms with Gasteiger partial charge in [0.25, 0.3) is 0 Å². The van der Waals surface area contributed by atoms with E-state index in [0.29, 0.717) is 5.92 Å². The normalized spacial score (nSPS) is 12.6. The number of hydrogen-bond donors (Lipinski definition) is 1. The quantitative estimate of drug-likeness (QED) is 0.806. The molecule has 0 amide bonds. The molecule has 102 valence electrons.